The lowest BCUT2D eigenvalue weighted by Gasteiger charge is -2.27. The van der Waals surface area contributed by atoms with Gasteiger partial charge in [0.15, 0.2) is 5.78 Å². The molecular weight excluding hydrogens is 316 g/mol. The molecule has 1 aliphatic heterocycles. The average Bonchev–Trinajstić information content (AvgIpc) is 2.66. The first-order chi connectivity index (χ1) is 12.2. The van der Waals surface area contributed by atoms with Crippen LogP contribution in [-0.4, -0.2) is 20.0 Å². The smallest absolute Gasteiger partial charge is 0.171 e. The van der Waals surface area contributed by atoms with Crippen LogP contribution in [0.15, 0.2) is 54.6 Å². The summed E-state index contributed by atoms with van der Waals surface area (Å²) in [5, 5.41) is 1.98. The molecule has 126 valence electrons. The summed E-state index contributed by atoms with van der Waals surface area (Å²) in [4.78, 5) is 12.9. The van der Waals surface area contributed by atoms with Gasteiger partial charge in [0, 0.05) is 11.6 Å². The molecule has 0 N–H and O–H groups in total. The summed E-state index contributed by atoms with van der Waals surface area (Å²) in [6, 6.07) is 17.3. The van der Waals surface area contributed by atoms with E-state index in [0.717, 1.165) is 16.3 Å². The van der Waals surface area contributed by atoms with Crippen molar-refractivity contribution < 1.29 is 19.0 Å². The lowest BCUT2D eigenvalue weighted by molar-refractivity contribution is 0.0850. The van der Waals surface area contributed by atoms with Crippen LogP contribution in [0.3, 0.4) is 0 Å². The molecule has 0 spiro atoms. The topological polar surface area (TPSA) is 44.8 Å². The maximum Gasteiger partial charge on any atom is 0.171 e. The number of hydrogen-bond acceptors (Lipinski definition) is 4. The number of ketones is 1. The Morgan fingerprint density at radius 1 is 1.00 bits per heavy atom. The zero-order chi connectivity index (χ0) is 17.4. The Morgan fingerprint density at radius 3 is 2.64 bits per heavy atom. The van der Waals surface area contributed by atoms with Gasteiger partial charge in [-0.05, 0) is 29.0 Å². The van der Waals surface area contributed by atoms with E-state index in [1.807, 2.05) is 48.5 Å². The molecule has 0 radical (unpaired) electrons. The van der Waals surface area contributed by atoms with Crippen LogP contribution in [0.25, 0.3) is 10.8 Å². The van der Waals surface area contributed by atoms with E-state index in [0.29, 0.717) is 22.8 Å². The third-order valence-electron chi connectivity index (χ3n) is 4.60. The molecular formula is C21H18O4. The van der Waals surface area contributed by atoms with Crippen LogP contribution in [0, 0.1) is 0 Å². The molecule has 0 fully saturated rings. The number of ether oxygens (including phenoxy) is 3. The lowest BCUT2D eigenvalue weighted by atomic mass is 9.92. The van der Waals surface area contributed by atoms with E-state index in [2.05, 4.69) is 0 Å². The summed E-state index contributed by atoms with van der Waals surface area (Å²) >= 11 is 0. The zero-order valence-corrected chi connectivity index (χ0v) is 14.1. The van der Waals surface area contributed by atoms with Gasteiger partial charge in [-0.15, -0.1) is 0 Å². The fourth-order valence-corrected chi connectivity index (χ4v) is 3.36. The SMILES string of the molecule is COc1ccc(C2CC(=O)c3c(ccc4ccccc34)O2)c(OC)c1. The standard InChI is InChI=1S/C21H18O4/c1-23-14-8-9-16(19(11-14)24-2)20-12-17(22)21-15-6-4-3-5-13(15)7-10-18(21)25-20/h3-11,20H,12H2,1-2H3. The Bertz CT molecular complexity index is 961. The van der Waals surface area contributed by atoms with Crippen molar-refractivity contribution in [3.63, 3.8) is 0 Å². The predicted molar refractivity (Wildman–Crippen MR) is 95.8 cm³/mol. The Kier molecular flexibility index (Phi) is 3.80. The number of carbonyl (C=O) groups excluding carboxylic acids is 1. The number of rotatable bonds is 3. The van der Waals surface area contributed by atoms with Crippen LogP contribution in [0.1, 0.15) is 28.4 Å². The Hall–Kier alpha value is -3.01. The second kappa shape index (κ2) is 6.13. The quantitative estimate of drug-likeness (QED) is 0.704. The van der Waals surface area contributed by atoms with Crippen molar-refractivity contribution in [1.82, 2.24) is 0 Å². The summed E-state index contributed by atoms with van der Waals surface area (Å²) < 4.78 is 16.9. The zero-order valence-electron chi connectivity index (χ0n) is 14.1. The van der Waals surface area contributed by atoms with E-state index in [1.165, 1.54) is 0 Å². The average molecular weight is 334 g/mol. The molecule has 4 nitrogen and oxygen atoms in total. The van der Waals surface area contributed by atoms with Crippen molar-refractivity contribution in [2.45, 2.75) is 12.5 Å². The number of fused-ring (bicyclic) bond motifs is 3. The van der Waals surface area contributed by atoms with Crippen LogP contribution in [0.2, 0.25) is 0 Å². The largest absolute Gasteiger partial charge is 0.497 e. The minimum Gasteiger partial charge on any atom is -0.497 e. The summed E-state index contributed by atoms with van der Waals surface area (Å²) in [6.45, 7) is 0. The molecule has 0 aromatic heterocycles. The second-order valence-electron chi connectivity index (χ2n) is 6.00. The molecule has 4 heteroatoms. The highest BCUT2D eigenvalue weighted by molar-refractivity contribution is 6.11. The number of benzene rings is 3. The van der Waals surface area contributed by atoms with E-state index in [1.54, 1.807) is 20.3 Å². The van der Waals surface area contributed by atoms with Gasteiger partial charge in [-0.2, -0.15) is 0 Å². The van der Waals surface area contributed by atoms with Gasteiger partial charge < -0.3 is 14.2 Å². The first-order valence-electron chi connectivity index (χ1n) is 8.15. The van der Waals surface area contributed by atoms with Gasteiger partial charge in [0.25, 0.3) is 0 Å². The molecule has 1 aliphatic rings. The minimum absolute atomic E-state index is 0.0842. The van der Waals surface area contributed by atoms with Crippen LogP contribution in [0.5, 0.6) is 17.2 Å². The van der Waals surface area contributed by atoms with Crippen LogP contribution in [-0.2, 0) is 0 Å². The van der Waals surface area contributed by atoms with Gasteiger partial charge in [0.05, 0.1) is 26.2 Å². The highest BCUT2D eigenvalue weighted by atomic mass is 16.5. The van der Waals surface area contributed by atoms with Gasteiger partial charge in [0.2, 0.25) is 0 Å². The molecule has 3 aromatic rings. The molecule has 4 rings (SSSR count). The normalized spacial score (nSPS) is 16.2. The second-order valence-corrected chi connectivity index (χ2v) is 6.00. The van der Waals surface area contributed by atoms with E-state index in [9.17, 15) is 4.79 Å². The first kappa shape index (κ1) is 15.5. The highest BCUT2D eigenvalue weighted by Gasteiger charge is 2.31. The summed E-state index contributed by atoms with van der Waals surface area (Å²) in [7, 11) is 3.21. The van der Waals surface area contributed by atoms with E-state index >= 15 is 0 Å². The predicted octanol–water partition coefficient (Wildman–Crippen LogP) is 4.56. The fourth-order valence-electron chi connectivity index (χ4n) is 3.36. The number of methoxy groups -OCH3 is 2. The molecule has 0 bridgehead atoms. The summed E-state index contributed by atoms with van der Waals surface area (Å²) in [6.07, 6.45) is -0.0917. The highest BCUT2D eigenvalue weighted by Crippen LogP contribution is 2.41. The van der Waals surface area contributed by atoms with E-state index in [-0.39, 0.29) is 18.3 Å². The molecule has 0 saturated heterocycles. The van der Waals surface area contributed by atoms with Gasteiger partial charge >= 0.3 is 0 Å². The maximum atomic E-state index is 12.9. The van der Waals surface area contributed by atoms with Crippen molar-refractivity contribution in [2.24, 2.45) is 0 Å². The molecule has 1 heterocycles. The van der Waals surface area contributed by atoms with Gasteiger partial charge in [0.1, 0.15) is 23.4 Å². The van der Waals surface area contributed by atoms with Gasteiger partial charge in [-0.1, -0.05) is 30.3 Å². The molecule has 3 aromatic carbocycles. The third-order valence-corrected chi connectivity index (χ3v) is 4.60. The summed E-state index contributed by atoms with van der Waals surface area (Å²) in [5.74, 6) is 2.06. The Morgan fingerprint density at radius 2 is 1.84 bits per heavy atom. The van der Waals surface area contributed by atoms with Crippen molar-refractivity contribution >= 4 is 16.6 Å². The maximum absolute atomic E-state index is 12.9. The van der Waals surface area contributed by atoms with Crippen LogP contribution >= 0.6 is 0 Å². The molecule has 0 aliphatic carbocycles. The minimum atomic E-state index is -0.373. The number of hydrogen-bond donors (Lipinski definition) is 0. The van der Waals surface area contributed by atoms with Gasteiger partial charge in [-0.3, -0.25) is 4.79 Å². The number of Topliss-reactive ketones (excluding diaryl/α,β-unsaturated/α-hetero) is 1. The van der Waals surface area contributed by atoms with Gasteiger partial charge in [-0.25, -0.2) is 0 Å². The van der Waals surface area contributed by atoms with Crippen molar-refractivity contribution in [3.8, 4) is 17.2 Å². The molecule has 1 unspecified atom stereocenters. The van der Waals surface area contributed by atoms with Crippen molar-refractivity contribution in [3.05, 3.63) is 65.7 Å². The van der Waals surface area contributed by atoms with Crippen LogP contribution < -0.4 is 14.2 Å². The molecule has 1 atom stereocenters. The lowest BCUT2D eigenvalue weighted by Crippen LogP contribution is -2.21. The Labute approximate surface area is 145 Å². The van der Waals surface area contributed by atoms with E-state index in [4.69, 9.17) is 14.2 Å². The molecule has 0 saturated carbocycles. The summed E-state index contributed by atoms with van der Waals surface area (Å²) in [5.41, 5.74) is 1.51. The van der Waals surface area contributed by atoms with E-state index < -0.39 is 0 Å². The monoisotopic (exact) mass is 334 g/mol. The van der Waals surface area contributed by atoms with Crippen LogP contribution in [0.4, 0.5) is 0 Å². The first-order valence-corrected chi connectivity index (χ1v) is 8.15. The van der Waals surface area contributed by atoms with Crippen molar-refractivity contribution in [1.29, 1.82) is 0 Å². The third kappa shape index (κ3) is 2.60. The molecule has 25 heavy (non-hydrogen) atoms. The molecule has 0 amide bonds. The fraction of sp³-hybridized carbons (Fsp3) is 0.190. The number of carbonyl (C=O) groups is 1. The van der Waals surface area contributed by atoms with Crippen molar-refractivity contribution in [2.75, 3.05) is 14.2 Å². The Balaban J connectivity index is 1.77.